The molecule has 1 atom stereocenters. The predicted octanol–water partition coefficient (Wildman–Crippen LogP) is 4.38. The lowest BCUT2D eigenvalue weighted by atomic mass is 9.84. The molecular formula is C23H30FN3O4. The van der Waals surface area contributed by atoms with Crippen LogP contribution in [0.2, 0.25) is 0 Å². The van der Waals surface area contributed by atoms with Gasteiger partial charge >= 0.3 is 6.09 Å². The maximum absolute atomic E-state index is 13.9. The summed E-state index contributed by atoms with van der Waals surface area (Å²) < 4.78 is 19.2. The van der Waals surface area contributed by atoms with E-state index in [0.29, 0.717) is 25.0 Å². The number of halogens is 1. The second-order valence-electron chi connectivity index (χ2n) is 9.31. The zero-order chi connectivity index (χ0) is 22.6. The third kappa shape index (κ3) is 6.41. The van der Waals surface area contributed by atoms with E-state index >= 15 is 0 Å². The number of nitrogens with one attached hydrogen (secondary N) is 1. The molecule has 2 fully saturated rings. The Labute approximate surface area is 182 Å². The van der Waals surface area contributed by atoms with Gasteiger partial charge in [-0.25, -0.2) is 14.2 Å². The minimum absolute atomic E-state index is 0.0497. The molecule has 1 aliphatic heterocycles. The van der Waals surface area contributed by atoms with E-state index < -0.39 is 17.5 Å². The highest BCUT2D eigenvalue weighted by molar-refractivity contribution is 5.76. The molecule has 1 aromatic carbocycles. The van der Waals surface area contributed by atoms with Crippen LogP contribution in [0.15, 0.2) is 18.2 Å². The largest absolute Gasteiger partial charge is 0.444 e. The predicted molar refractivity (Wildman–Crippen MR) is 111 cm³/mol. The first-order chi connectivity index (χ1) is 14.6. The molecule has 1 aliphatic carbocycles. The summed E-state index contributed by atoms with van der Waals surface area (Å²) in [6.45, 7) is 5.86. The molecule has 7 nitrogen and oxygen atoms in total. The van der Waals surface area contributed by atoms with Crippen molar-refractivity contribution in [3.63, 3.8) is 0 Å². The van der Waals surface area contributed by atoms with Crippen molar-refractivity contribution in [2.24, 2.45) is 5.92 Å². The molecule has 8 heteroatoms. The molecular weight excluding hydrogens is 401 g/mol. The molecule has 0 aromatic heterocycles. The van der Waals surface area contributed by atoms with Crippen LogP contribution in [-0.4, -0.2) is 35.3 Å². The van der Waals surface area contributed by atoms with Crippen molar-refractivity contribution in [1.82, 2.24) is 10.4 Å². The van der Waals surface area contributed by atoms with Crippen molar-refractivity contribution >= 4 is 12.0 Å². The quantitative estimate of drug-likeness (QED) is 0.764. The fourth-order valence-electron chi connectivity index (χ4n) is 4.21. The van der Waals surface area contributed by atoms with E-state index in [2.05, 4.69) is 5.32 Å². The minimum atomic E-state index is -0.532. The van der Waals surface area contributed by atoms with E-state index in [-0.39, 0.29) is 29.5 Å². The number of hydrogen-bond donors (Lipinski definition) is 1. The standard InChI is InChI=1S/C23H30FN3O4/c1-23(2,3)31-22(29)26-19-6-4-15(5-7-19)12-21(28)27-20(8-9-30-27)17-10-16(14-25)11-18(24)13-17/h10-11,13,15,19-20H,4-9,12H2,1-3H3,(H,26,29)/t15-,19-,20-/m0/s1. The van der Waals surface area contributed by atoms with Crippen LogP contribution >= 0.6 is 0 Å². The first-order valence-electron chi connectivity index (χ1n) is 10.8. The second kappa shape index (κ2) is 9.65. The highest BCUT2D eigenvalue weighted by atomic mass is 19.1. The van der Waals surface area contributed by atoms with Crippen LogP contribution in [0.3, 0.4) is 0 Å². The summed E-state index contributed by atoms with van der Waals surface area (Å²) in [4.78, 5) is 30.4. The van der Waals surface area contributed by atoms with Crippen LogP contribution in [0.1, 0.15) is 76.5 Å². The Morgan fingerprint density at radius 3 is 2.58 bits per heavy atom. The molecule has 1 N–H and O–H groups in total. The summed E-state index contributed by atoms with van der Waals surface area (Å²) in [6.07, 6.45) is 3.72. The van der Waals surface area contributed by atoms with Gasteiger partial charge in [0, 0.05) is 18.9 Å². The molecule has 1 heterocycles. The number of carbonyl (C=O) groups is 2. The van der Waals surface area contributed by atoms with Crippen molar-refractivity contribution in [2.75, 3.05) is 6.61 Å². The molecule has 1 saturated carbocycles. The Morgan fingerprint density at radius 2 is 1.94 bits per heavy atom. The molecule has 1 aromatic rings. The number of nitriles is 1. The molecule has 168 valence electrons. The van der Waals surface area contributed by atoms with Crippen molar-refractivity contribution in [3.05, 3.63) is 35.1 Å². The second-order valence-corrected chi connectivity index (χ2v) is 9.31. The lowest BCUT2D eigenvalue weighted by molar-refractivity contribution is -0.178. The fraction of sp³-hybridized carbons (Fsp3) is 0.609. The average molecular weight is 432 g/mol. The molecule has 2 amide bonds. The van der Waals surface area contributed by atoms with Crippen molar-refractivity contribution < 1.29 is 23.6 Å². The summed E-state index contributed by atoms with van der Waals surface area (Å²) in [5.41, 5.74) is 0.271. The van der Waals surface area contributed by atoms with E-state index in [9.17, 15) is 14.0 Å². The first kappa shape index (κ1) is 23.0. The van der Waals surface area contributed by atoms with E-state index in [1.54, 1.807) is 6.07 Å². The number of rotatable bonds is 4. The molecule has 3 rings (SSSR count). The number of alkyl carbamates (subject to hydrolysis) is 1. The zero-order valence-electron chi connectivity index (χ0n) is 18.3. The Bertz CT molecular complexity index is 853. The number of nitrogens with zero attached hydrogens (tertiary/aromatic N) is 2. The van der Waals surface area contributed by atoms with Gasteiger partial charge in [0.2, 0.25) is 5.91 Å². The van der Waals surface area contributed by atoms with Gasteiger partial charge in [-0.1, -0.05) is 0 Å². The Hall–Kier alpha value is -2.66. The Morgan fingerprint density at radius 1 is 1.23 bits per heavy atom. The highest BCUT2D eigenvalue weighted by Gasteiger charge is 2.34. The topological polar surface area (TPSA) is 91.7 Å². The number of benzene rings is 1. The first-order valence-corrected chi connectivity index (χ1v) is 10.8. The van der Waals surface area contributed by atoms with Crippen LogP contribution in [0.25, 0.3) is 0 Å². The molecule has 2 aliphatic rings. The van der Waals surface area contributed by atoms with Gasteiger partial charge in [0.25, 0.3) is 0 Å². The van der Waals surface area contributed by atoms with Crippen molar-refractivity contribution in [2.45, 2.75) is 77.0 Å². The third-order valence-corrected chi connectivity index (χ3v) is 5.62. The van der Waals surface area contributed by atoms with E-state index in [4.69, 9.17) is 14.8 Å². The van der Waals surface area contributed by atoms with Gasteiger partial charge in [-0.05, 0) is 76.1 Å². The third-order valence-electron chi connectivity index (χ3n) is 5.62. The molecule has 0 unspecified atom stereocenters. The van der Waals surface area contributed by atoms with Gasteiger partial charge in [0.15, 0.2) is 0 Å². The summed E-state index contributed by atoms with van der Waals surface area (Å²) >= 11 is 0. The van der Waals surface area contributed by atoms with Crippen LogP contribution in [0, 0.1) is 23.1 Å². The molecule has 0 radical (unpaired) electrons. The maximum Gasteiger partial charge on any atom is 0.407 e. The Kier molecular flexibility index (Phi) is 7.16. The number of carbonyl (C=O) groups excluding carboxylic acids is 2. The summed E-state index contributed by atoms with van der Waals surface area (Å²) in [6, 6.07) is 5.75. The fourth-order valence-corrected chi connectivity index (χ4v) is 4.21. The SMILES string of the molecule is CC(C)(C)OC(=O)N[C@H]1CC[C@H](CC(=O)N2OCC[C@H]2c2cc(F)cc(C#N)c2)CC1. The van der Waals surface area contributed by atoms with Gasteiger partial charge in [0.05, 0.1) is 24.3 Å². The minimum Gasteiger partial charge on any atom is -0.444 e. The lowest BCUT2D eigenvalue weighted by Gasteiger charge is -2.31. The van der Waals surface area contributed by atoms with Crippen LogP contribution in [-0.2, 0) is 14.4 Å². The number of ether oxygens (including phenoxy) is 1. The highest BCUT2D eigenvalue weighted by Crippen LogP contribution is 2.34. The summed E-state index contributed by atoms with van der Waals surface area (Å²) in [5, 5.41) is 13.3. The zero-order valence-corrected chi connectivity index (χ0v) is 18.3. The number of hydrogen-bond acceptors (Lipinski definition) is 5. The van der Waals surface area contributed by atoms with E-state index in [1.165, 1.54) is 17.2 Å². The summed E-state index contributed by atoms with van der Waals surface area (Å²) in [5.74, 6) is -0.422. The molecule has 0 spiro atoms. The van der Waals surface area contributed by atoms with Gasteiger partial charge < -0.3 is 10.1 Å². The molecule has 31 heavy (non-hydrogen) atoms. The number of amides is 2. The smallest absolute Gasteiger partial charge is 0.407 e. The molecule has 0 bridgehead atoms. The maximum atomic E-state index is 13.9. The average Bonchev–Trinajstić information content (AvgIpc) is 3.17. The van der Waals surface area contributed by atoms with Crippen LogP contribution in [0.4, 0.5) is 9.18 Å². The van der Waals surface area contributed by atoms with Crippen molar-refractivity contribution in [1.29, 1.82) is 5.26 Å². The van der Waals surface area contributed by atoms with Crippen LogP contribution < -0.4 is 5.32 Å². The van der Waals surface area contributed by atoms with Gasteiger partial charge in [-0.15, -0.1) is 0 Å². The van der Waals surface area contributed by atoms with E-state index in [1.807, 2.05) is 26.8 Å². The monoisotopic (exact) mass is 431 g/mol. The van der Waals surface area contributed by atoms with Crippen LogP contribution in [0.5, 0.6) is 0 Å². The van der Waals surface area contributed by atoms with E-state index in [0.717, 1.165) is 25.7 Å². The van der Waals surface area contributed by atoms with Gasteiger partial charge in [-0.3, -0.25) is 9.63 Å². The van der Waals surface area contributed by atoms with Gasteiger partial charge in [0.1, 0.15) is 11.4 Å². The molecule has 1 saturated heterocycles. The normalized spacial score (nSPS) is 23.8. The Balaban J connectivity index is 1.52. The lowest BCUT2D eigenvalue weighted by Crippen LogP contribution is -2.41. The van der Waals surface area contributed by atoms with Gasteiger partial charge in [-0.2, -0.15) is 5.26 Å². The number of hydroxylamine groups is 2. The van der Waals surface area contributed by atoms with Crippen molar-refractivity contribution in [3.8, 4) is 6.07 Å². The summed E-state index contributed by atoms with van der Waals surface area (Å²) in [7, 11) is 0.